The molecule has 1 atom stereocenters. The summed E-state index contributed by atoms with van der Waals surface area (Å²) in [6.07, 6.45) is -0.613. The fraction of sp³-hybridized carbons (Fsp3) is 0.423. The highest BCUT2D eigenvalue weighted by atomic mass is 19.1. The van der Waals surface area contributed by atoms with E-state index in [1.807, 2.05) is 51.2 Å². The van der Waals surface area contributed by atoms with Gasteiger partial charge in [-0.15, -0.1) is 0 Å². The fourth-order valence-electron chi connectivity index (χ4n) is 3.60. The van der Waals surface area contributed by atoms with Gasteiger partial charge in [0.2, 0.25) is 5.88 Å². The second-order valence-electron chi connectivity index (χ2n) is 8.44. The lowest BCUT2D eigenvalue weighted by molar-refractivity contribution is -0.0121. The highest BCUT2D eigenvalue weighted by Crippen LogP contribution is 2.34. The summed E-state index contributed by atoms with van der Waals surface area (Å²) in [6.45, 7) is 6.11. The SMILES string of the molecule is COCCN(Cc1c(-c2ccccc2)nn(C)c1Oc1ccc(F)cc1)C[C@@H](O)COC(C)C. The minimum Gasteiger partial charge on any atom is -0.439 e. The molecule has 8 heteroatoms. The molecule has 3 rings (SSSR count). The molecule has 1 N–H and O–H groups in total. The van der Waals surface area contributed by atoms with Gasteiger partial charge in [0, 0.05) is 39.4 Å². The van der Waals surface area contributed by atoms with Crippen LogP contribution in [0.3, 0.4) is 0 Å². The Balaban J connectivity index is 1.93. The van der Waals surface area contributed by atoms with Crippen molar-refractivity contribution in [2.75, 3.05) is 33.4 Å². The summed E-state index contributed by atoms with van der Waals surface area (Å²) in [6, 6.07) is 15.8. The van der Waals surface area contributed by atoms with E-state index >= 15 is 0 Å². The van der Waals surface area contributed by atoms with E-state index in [1.54, 1.807) is 23.9 Å². The lowest BCUT2D eigenvalue weighted by atomic mass is 10.1. The summed E-state index contributed by atoms with van der Waals surface area (Å²) >= 11 is 0. The van der Waals surface area contributed by atoms with E-state index in [4.69, 9.17) is 19.3 Å². The van der Waals surface area contributed by atoms with E-state index in [0.717, 1.165) is 16.8 Å². The Morgan fingerprint density at radius 2 is 1.79 bits per heavy atom. The van der Waals surface area contributed by atoms with Crippen molar-refractivity contribution in [1.29, 1.82) is 0 Å². The molecule has 1 aromatic heterocycles. The number of hydrogen-bond acceptors (Lipinski definition) is 6. The van der Waals surface area contributed by atoms with Crippen molar-refractivity contribution in [3.8, 4) is 22.9 Å². The molecule has 0 unspecified atom stereocenters. The number of benzene rings is 2. The Kier molecular flexibility index (Phi) is 9.59. The van der Waals surface area contributed by atoms with Gasteiger partial charge in [0.25, 0.3) is 0 Å². The standard InChI is InChI=1S/C26H34FN3O4/c1-19(2)33-18-22(31)16-30(14-15-32-4)17-24-25(20-8-6-5-7-9-20)28-29(3)26(24)34-23-12-10-21(27)11-13-23/h5-13,19,22,31H,14-18H2,1-4H3/t22-/m1/s1. The van der Waals surface area contributed by atoms with Crippen LogP contribution >= 0.6 is 0 Å². The maximum atomic E-state index is 13.4. The Morgan fingerprint density at radius 1 is 1.09 bits per heavy atom. The number of aliphatic hydroxyl groups excluding tert-OH is 1. The van der Waals surface area contributed by atoms with Gasteiger partial charge in [-0.05, 0) is 38.1 Å². The maximum absolute atomic E-state index is 13.4. The Morgan fingerprint density at radius 3 is 2.44 bits per heavy atom. The number of hydrogen-bond donors (Lipinski definition) is 1. The van der Waals surface area contributed by atoms with E-state index in [0.29, 0.717) is 37.9 Å². The Hall–Kier alpha value is -2.78. The molecule has 0 radical (unpaired) electrons. The third-order valence-electron chi connectivity index (χ3n) is 5.25. The predicted octanol–water partition coefficient (Wildman–Crippen LogP) is 4.25. The van der Waals surface area contributed by atoms with Crippen LogP contribution in [-0.2, 0) is 23.1 Å². The minimum atomic E-state index is -0.655. The topological polar surface area (TPSA) is 69.0 Å². The normalized spacial score (nSPS) is 12.5. The van der Waals surface area contributed by atoms with Crippen LogP contribution < -0.4 is 4.74 Å². The van der Waals surface area contributed by atoms with Gasteiger partial charge in [-0.25, -0.2) is 9.07 Å². The number of nitrogens with zero attached hydrogens (tertiary/aromatic N) is 3. The van der Waals surface area contributed by atoms with Crippen LogP contribution in [0, 0.1) is 5.82 Å². The number of aryl methyl sites for hydroxylation is 1. The zero-order chi connectivity index (χ0) is 24.5. The summed E-state index contributed by atoms with van der Waals surface area (Å²) in [5.41, 5.74) is 2.61. The molecule has 0 saturated heterocycles. The highest BCUT2D eigenvalue weighted by Gasteiger charge is 2.23. The third-order valence-corrected chi connectivity index (χ3v) is 5.25. The lowest BCUT2D eigenvalue weighted by Crippen LogP contribution is -2.37. The molecule has 0 aliphatic carbocycles. The molecule has 0 saturated carbocycles. The summed E-state index contributed by atoms with van der Waals surface area (Å²) < 4.78 is 32.2. The quantitative estimate of drug-likeness (QED) is 0.402. The second kappa shape index (κ2) is 12.6. The summed E-state index contributed by atoms with van der Waals surface area (Å²) in [7, 11) is 3.47. The van der Waals surface area contributed by atoms with Gasteiger partial charge in [0.1, 0.15) is 17.3 Å². The van der Waals surface area contributed by atoms with Crippen molar-refractivity contribution < 1.29 is 23.7 Å². The Labute approximate surface area is 200 Å². The first-order valence-electron chi connectivity index (χ1n) is 11.4. The molecule has 0 aliphatic heterocycles. The number of ether oxygens (including phenoxy) is 3. The molecule has 34 heavy (non-hydrogen) atoms. The number of rotatable bonds is 13. The van der Waals surface area contributed by atoms with Crippen LogP contribution in [-0.4, -0.2) is 65.4 Å². The molecule has 2 aromatic carbocycles. The first kappa shape index (κ1) is 25.8. The van der Waals surface area contributed by atoms with Crippen molar-refractivity contribution in [1.82, 2.24) is 14.7 Å². The summed E-state index contributed by atoms with van der Waals surface area (Å²) in [5, 5.41) is 15.3. The zero-order valence-corrected chi connectivity index (χ0v) is 20.3. The van der Waals surface area contributed by atoms with E-state index in [1.165, 1.54) is 12.1 Å². The average molecular weight is 472 g/mol. The summed E-state index contributed by atoms with van der Waals surface area (Å²) in [5.74, 6) is 0.741. The molecule has 1 heterocycles. The lowest BCUT2D eigenvalue weighted by Gasteiger charge is -2.25. The molecule has 7 nitrogen and oxygen atoms in total. The van der Waals surface area contributed by atoms with Crippen LogP contribution in [0.2, 0.25) is 0 Å². The first-order valence-corrected chi connectivity index (χ1v) is 11.4. The summed E-state index contributed by atoms with van der Waals surface area (Å²) in [4.78, 5) is 2.10. The van der Waals surface area contributed by atoms with Gasteiger partial charge < -0.3 is 19.3 Å². The molecule has 184 valence electrons. The largest absolute Gasteiger partial charge is 0.439 e. The van der Waals surface area contributed by atoms with Crippen molar-refractivity contribution in [2.24, 2.45) is 7.05 Å². The second-order valence-corrected chi connectivity index (χ2v) is 8.44. The van der Waals surface area contributed by atoms with Gasteiger partial charge in [0.05, 0.1) is 31.0 Å². The van der Waals surface area contributed by atoms with Crippen molar-refractivity contribution in [2.45, 2.75) is 32.6 Å². The molecule has 3 aromatic rings. The molecule has 0 spiro atoms. The minimum absolute atomic E-state index is 0.0424. The zero-order valence-electron chi connectivity index (χ0n) is 20.3. The van der Waals surface area contributed by atoms with E-state index in [9.17, 15) is 9.50 Å². The van der Waals surface area contributed by atoms with Crippen LogP contribution in [0.1, 0.15) is 19.4 Å². The van der Waals surface area contributed by atoms with Gasteiger partial charge in [-0.3, -0.25) is 4.90 Å². The van der Waals surface area contributed by atoms with Crippen LogP contribution in [0.4, 0.5) is 4.39 Å². The smallest absolute Gasteiger partial charge is 0.222 e. The average Bonchev–Trinajstić information content (AvgIpc) is 3.13. The Bertz CT molecular complexity index is 1010. The molecule has 0 amide bonds. The number of methoxy groups -OCH3 is 1. The molecular weight excluding hydrogens is 437 g/mol. The number of aromatic nitrogens is 2. The molecule has 0 fully saturated rings. The third kappa shape index (κ3) is 7.36. The van der Waals surface area contributed by atoms with Crippen LogP contribution in [0.25, 0.3) is 11.3 Å². The van der Waals surface area contributed by atoms with E-state index < -0.39 is 6.10 Å². The highest BCUT2D eigenvalue weighted by molar-refractivity contribution is 5.65. The maximum Gasteiger partial charge on any atom is 0.222 e. The van der Waals surface area contributed by atoms with Gasteiger partial charge in [0.15, 0.2) is 0 Å². The van der Waals surface area contributed by atoms with E-state index in [2.05, 4.69) is 4.90 Å². The predicted molar refractivity (Wildman–Crippen MR) is 129 cm³/mol. The van der Waals surface area contributed by atoms with Gasteiger partial charge in [-0.1, -0.05) is 30.3 Å². The van der Waals surface area contributed by atoms with Crippen LogP contribution in [0.15, 0.2) is 54.6 Å². The van der Waals surface area contributed by atoms with Gasteiger partial charge in [-0.2, -0.15) is 5.10 Å². The van der Waals surface area contributed by atoms with Crippen molar-refractivity contribution in [3.05, 3.63) is 66.0 Å². The van der Waals surface area contributed by atoms with E-state index in [-0.39, 0.29) is 18.5 Å². The first-order chi connectivity index (χ1) is 16.4. The van der Waals surface area contributed by atoms with Crippen LogP contribution in [0.5, 0.6) is 11.6 Å². The monoisotopic (exact) mass is 471 g/mol. The molecule has 0 bridgehead atoms. The number of aliphatic hydroxyl groups is 1. The van der Waals surface area contributed by atoms with Gasteiger partial charge >= 0.3 is 0 Å². The van der Waals surface area contributed by atoms with Crippen molar-refractivity contribution in [3.63, 3.8) is 0 Å². The molecule has 0 aliphatic rings. The fourth-order valence-corrected chi connectivity index (χ4v) is 3.60. The molecular formula is C26H34FN3O4. The van der Waals surface area contributed by atoms with Crippen molar-refractivity contribution >= 4 is 0 Å². The number of halogens is 1.